The number of nitrogens with one attached hydrogen (secondary N) is 1. The van der Waals surface area contributed by atoms with Gasteiger partial charge >= 0.3 is 0 Å². The lowest BCUT2D eigenvalue weighted by Crippen LogP contribution is -2.55. The summed E-state index contributed by atoms with van der Waals surface area (Å²) >= 11 is 0. The molecule has 0 bridgehead atoms. The van der Waals surface area contributed by atoms with Crippen LogP contribution in [0, 0.1) is 5.92 Å². The van der Waals surface area contributed by atoms with Crippen LogP contribution in [0.25, 0.3) is 0 Å². The Morgan fingerprint density at radius 1 is 1.40 bits per heavy atom. The second-order valence-electron chi connectivity index (χ2n) is 4.90. The third-order valence-corrected chi connectivity index (χ3v) is 3.57. The number of nitrogens with zero attached hydrogens (tertiary/aromatic N) is 2. The lowest BCUT2D eigenvalue weighted by molar-refractivity contribution is -0.139. The molecular weight excluding hydrogens is 190 g/mol. The average molecular weight is 211 g/mol. The molecule has 0 aromatic carbocycles. The Kier molecular flexibility index (Phi) is 3.26. The number of rotatable bonds is 2. The van der Waals surface area contributed by atoms with Gasteiger partial charge < -0.3 is 15.1 Å². The van der Waals surface area contributed by atoms with Gasteiger partial charge in [-0.3, -0.25) is 4.79 Å². The lowest BCUT2D eigenvalue weighted by atomic mass is 9.98. The summed E-state index contributed by atoms with van der Waals surface area (Å²) in [6, 6.07) is 0.552. The van der Waals surface area contributed by atoms with Crippen molar-refractivity contribution in [2.75, 3.05) is 40.3 Å². The highest BCUT2D eigenvalue weighted by Crippen LogP contribution is 2.17. The summed E-state index contributed by atoms with van der Waals surface area (Å²) in [6.45, 7) is 3.63. The van der Waals surface area contributed by atoms with Gasteiger partial charge in [0.25, 0.3) is 0 Å². The summed E-state index contributed by atoms with van der Waals surface area (Å²) < 4.78 is 0. The Morgan fingerprint density at radius 3 is 2.67 bits per heavy atom. The van der Waals surface area contributed by atoms with Crippen LogP contribution in [0.5, 0.6) is 0 Å². The van der Waals surface area contributed by atoms with Gasteiger partial charge in [-0.2, -0.15) is 0 Å². The Bertz CT molecular complexity index is 238. The fourth-order valence-electron chi connectivity index (χ4n) is 2.30. The van der Waals surface area contributed by atoms with Gasteiger partial charge in [0, 0.05) is 32.2 Å². The van der Waals surface area contributed by atoms with E-state index in [4.69, 9.17) is 0 Å². The monoisotopic (exact) mass is 211 g/mol. The van der Waals surface area contributed by atoms with E-state index in [1.54, 1.807) is 0 Å². The van der Waals surface area contributed by atoms with Crippen molar-refractivity contribution in [2.45, 2.75) is 18.9 Å². The lowest BCUT2D eigenvalue weighted by Gasteiger charge is -2.39. The molecule has 4 nitrogen and oxygen atoms in total. The molecule has 2 saturated heterocycles. The van der Waals surface area contributed by atoms with Gasteiger partial charge in [-0.05, 0) is 26.9 Å². The van der Waals surface area contributed by atoms with Crippen LogP contribution in [0.4, 0.5) is 0 Å². The zero-order valence-electron chi connectivity index (χ0n) is 9.70. The Labute approximate surface area is 91.6 Å². The molecule has 1 N–H and O–H groups in total. The van der Waals surface area contributed by atoms with Crippen LogP contribution in [0.2, 0.25) is 0 Å². The van der Waals surface area contributed by atoms with E-state index in [9.17, 15) is 4.79 Å². The molecule has 1 amide bonds. The molecule has 86 valence electrons. The quantitative estimate of drug-likeness (QED) is 0.684. The molecule has 0 saturated carbocycles. The van der Waals surface area contributed by atoms with E-state index in [1.807, 2.05) is 0 Å². The van der Waals surface area contributed by atoms with E-state index in [0.29, 0.717) is 11.9 Å². The van der Waals surface area contributed by atoms with E-state index < -0.39 is 0 Å². The van der Waals surface area contributed by atoms with Crippen molar-refractivity contribution in [2.24, 2.45) is 5.92 Å². The maximum absolute atomic E-state index is 12.0. The highest BCUT2D eigenvalue weighted by atomic mass is 16.2. The van der Waals surface area contributed by atoms with Crippen molar-refractivity contribution in [1.82, 2.24) is 15.1 Å². The Morgan fingerprint density at radius 2 is 2.13 bits per heavy atom. The molecule has 2 rings (SSSR count). The van der Waals surface area contributed by atoms with Gasteiger partial charge in [0.2, 0.25) is 5.91 Å². The summed E-state index contributed by atoms with van der Waals surface area (Å²) in [5.74, 6) is 0.617. The number of likely N-dealkylation sites (N-methyl/N-ethyl adjacent to an activating group) is 1. The number of hydrogen-bond acceptors (Lipinski definition) is 3. The maximum Gasteiger partial charge on any atom is 0.228 e. The minimum Gasteiger partial charge on any atom is -0.341 e. The van der Waals surface area contributed by atoms with E-state index in [0.717, 1.165) is 32.6 Å². The van der Waals surface area contributed by atoms with Gasteiger partial charge in [0.1, 0.15) is 0 Å². The van der Waals surface area contributed by atoms with Crippen LogP contribution in [-0.4, -0.2) is 62.0 Å². The number of carbonyl (C=O) groups is 1. The summed E-state index contributed by atoms with van der Waals surface area (Å²) in [5, 5.41) is 3.16. The molecule has 2 fully saturated rings. The van der Waals surface area contributed by atoms with Crippen LogP contribution >= 0.6 is 0 Å². The van der Waals surface area contributed by atoms with E-state index in [2.05, 4.69) is 29.2 Å². The second-order valence-corrected chi connectivity index (χ2v) is 4.90. The van der Waals surface area contributed by atoms with Crippen molar-refractivity contribution in [3.05, 3.63) is 0 Å². The number of hydrogen-bond donors (Lipinski definition) is 1. The summed E-state index contributed by atoms with van der Waals surface area (Å²) in [6.07, 6.45) is 2.37. The highest BCUT2D eigenvalue weighted by Gasteiger charge is 2.32. The van der Waals surface area contributed by atoms with Crippen molar-refractivity contribution in [3.63, 3.8) is 0 Å². The van der Waals surface area contributed by atoms with Crippen molar-refractivity contribution in [3.8, 4) is 0 Å². The molecule has 0 aromatic rings. The normalized spacial score (nSPS) is 27.9. The molecule has 0 aliphatic carbocycles. The van der Waals surface area contributed by atoms with E-state index >= 15 is 0 Å². The van der Waals surface area contributed by atoms with Crippen molar-refractivity contribution in [1.29, 1.82) is 0 Å². The molecular formula is C11H21N3O. The number of likely N-dealkylation sites (tertiary alicyclic amines) is 1. The molecule has 0 aromatic heterocycles. The standard InChI is InChI=1S/C11H21N3O/c1-13(2)10-4-3-5-14(8-10)11(15)9-6-12-7-9/h9-10,12H,3-8H2,1-2H3. The molecule has 2 heterocycles. The van der Waals surface area contributed by atoms with Crippen molar-refractivity contribution < 1.29 is 4.79 Å². The number of amides is 1. The number of carbonyl (C=O) groups excluding carboxylic acids is 1. The first-order valence-electron chi connectivity index (χ1n) is 5.84. The SMILES string of the molecule is CN(C)C1CCCN(C(=O)C2CNC2)C1. The summed E-state index contributed by atoms with van der Waals surface area (Å²) in [4.78, 5) is 16.3. The van der Waals surface area contributed by atoms with Crippen LogP contribution in [-0.2, 0) is 4.79 Å². The topological polar surface area (TPSA) is 35.6 Å². The van der Waals surface area contributed by atoms with Crippen LogP contribution < -0.4 is 5.32 Å². The van der Waals surface area contributed by atoms with Crippen LogP contribution in [0.15, 0.2) is 0 Å². The molecule has 4 heteroatoms. The van der Waals surface area contributed by atoms with Crippen LogP contribution in [0.3, 0.4) is 0 Å². The maximum atomic E-state index is 12.0. The van der Waals surface area contributed by atoms with Crippen LogP contribution in [0.1, 0.15) is 12.8 Å². The fourth-order valence-corrected chi connectivity index (χ4v) is 2.30. The first-order chi connectivity index (χ1) is 7.18. The minimum absolute atomic E-state index is 0.255. The largest absolute Gasteiger partial charge is 0.341 e. The molecule has 2 aliphatic heterocycles. The highest BCUT2D eigenvalue weighted by molar-refractivity contribution is 5.80. The third kappa shape index (κ3) is 2.32. The van der Waals surface area contributed by atoms with E-state index in [-0.39, 0.29) is 5.92 Å². The fraction of sp³-hybridized carbons (Fsp3) is 0.909. The average Bonchev–Trinajstić information content (AvgIpc) is 2.15. The first-order valence-corrected chi connectivity index (χ1v) is 5.84. The molecule has 1 atom stereocenters. The molecule has 0 radical (unpaired) electrons. The molecule has 1 unspecified atom stereocenters. The van der Waals surface area contributed by atoms with Gasteiger partial charge in [-0.1, -0.05) is 0 Å². The zero-order chi connectivity index (χ0) is 10.8. The smallest absolute Gasteiger partial charge is 0.228 e. The van der Waals surface area contributed by atoms with Gasteiger partial charge in [-0.25, -0.2) is 0 Å². The minimum atomic E-state index is 0.255. The van der Waals surface area contributed by atoms with Gasteiger partial charge in [0.15, 0.2) is 0 Å². The Hall–Kier alpha value is -0.610. The first kappa shape index (κ1) is 10.9. The van der Waals surface area contributed by atoms with Crippen molar-refractivity contribution >= 4 is 5.91 Å². The summed E-state index contributed by atoms with van der Waals surface area (Å²) in [5.41, 5.74) is 0. The van der Waals surface area contributed by atoms with E-state index in [1.165, 1.54) is 6.42 Å². The molecule has 0 spiro atoms. The predicted molar refractivity (Wildman–Crippen MR) is 59.6 cm³/mol. The molecule has 15 heavy (non-hydrogen) atoms. The summed E-state index contributed by atoms with van der Waals surface area (Å²) in [7, 11) is 4.20. The zero-order valence-corrected chi connectivity index (χ0v) is 9.70. The van der Waals surface area contributed by atoms with Gasteiger partial charge in [0.05, 0.1) is 5.92 Å². The predicted octanol–water partition coefficient (Wildman–Crippen LogP) is -0.242. The molecule has 2 aliphatic rings. The Balaban J connectivity index is 1.88. The van der Waals surface area contributed by atoms with Gasteiger partial charge in [-0.15, -0.1) is 0 Å². The third-order valence-electron chi connectivity index (χ3n) is 3.57. The second kappa shape index (κ2) is 4.49. The number of piperidine rings is 1.